The summed E-state index contributed by atoms with van der Waals surface area (Å²) in [4.78, 5) is 0. The number of hydrogen-bond acceptors (Lipinski definition) is 3. The molecule has 2 aromatic rings. The van der Waals surface area contributed by atoms with Crippen LogP contribution in [0.3, 0.4) is 0 Å². The second kappa shape index (κ2) is 5.89. The first-order valence-electron chi connectivity index (χ1n) is 8.13. The van der Waals surface area contributed by atoms with Crippen LogP contribution in [0.5, 0.6) is 5.75 Å². The molecule has 2 aliphatic heterocycles. The molecule has 4 rings (SSSR count). The average molecular weight is 327 g/mol. The van der Waals surface area contributed by atoms with Crippen LogP contribution in [0.25, 0.3) is 0 Å². The van der Waals surface area contributed by atoms with Crippen molar-refractivity contribution in [3.63, 3.8) is 0 Å². The highest BCUT2D eigenvalue weighted by Crippen LogP contribution is 2.44. The lowest BCUT2D eigenvalue weighted by molar-refractivity contribution is -0.0223. The van der Waals surface area contributed by atoms with Crippen LogP contribution in [0, 0.1) is 0 Å². The highest BCUT2D eigenvalue weighted by atomic mass is 35.5. The van der Waals surface area contributed by atoms with E-state index >= 15 is 0 Å². The fourth-order valence-corrected chi connectivity index (χ4v) is 3.56. The first-order valence-corrected chi connectivity index (χ1v) is 8.51. The van der Waals surface area contributed by atoms with E-state index in [9.17, 15) is 0 Å². The molecule has 0 saturated carbocycles. The highest BCUT2D eigenvalue weighted by Gasteiger charge is 2.39. The zero-order chi connectivity index (χ0) is 15.8. The van der Waals surface area contributed by atoms with E-state index in [0.717, 1.165) is 41.3 Å². The standard InChI is InChI=1S/C19H19ClN2O/c1-2-6-19-22-17(15-11-14(20)9-10-18(15)23-19)12-16(21-22)13-7-4-3-5-8-13/h3-5,7-11,17,19H,2,6,12H2,1H3/t17-,19+/m1/s1. The molecule has 0 amide bonds. The van der Waals surface area contributed by atoms with Gasteiger partial charge in [0.1, 0.15) is 5.75 Å². The molecular formula is C19H19ClN2O. The van der Waals surface area contributed by atoms with Crippen LogP contribution in [0.15, 0.2) is 53.6 Å². The molecule has 23 heavy (non-hydrogen) atoms. The molecule has 3 nitrogen and oxygen atoms in total. The van der Waals surface area contributed by atoms with Crippen molar-refractivity contribution < 1.29 is 4.74 Å². The summed E-state index contributed by atoms with van der Waals surface area (Å²) < 4.78 is 6.19. The molecule has 0 N–H and O–H groups in total. The number of rotatable bonds is 3. The third kappa shape index (κ3) is 2.59. The highest BCUT2D eigenvalue weighted by molar-refractivity contribution is 6.30. The quantitative estimate of drug-likeness (QED) is 0.792. The van der Waals surface area contributed by atoms with Gasteiger partial charge < -0.3 is 4.74 Å². The van der Waals surface area contributed by atoms with Gasteiger partial charge in [-0.25, -0.2) is 0 Å². The van der Waals surface area contributed by atoms with Gasteiger partial charge in [0.15, 0.2) is 6.23 Å². The minimum absolute atomic E-state index is 0.000104. The summed E-state index contributed by atoms with van der Waals surface area (Å²) in [6.07, 6.45) is 2.91. The van der Waals surface area contributed by atoms with Gasteiger partial charge in [-0.2, -0.15) is 5.10 Å². The Kier molecular flexibility index (Phi) is 3.74. The molecule has 0 radical (unpaired) electrons. The average Bonchev–Trinajstić information content (AvgIpc) is 3.02. The fraction of sp³-hybridized carbons (Fsp3) is 0.316. The SMILES string of the molecule is CCC[C@@H]1Oc2ccc(Cl)cc2[C@H]2CC(c3ccccc3)=NN12. The van der Waals surface area contributed by atoms with Crippen molar-refractivity contribution in [2.24, 2.45) is 5.10 Å². The Labute approximate surface area is 141 Å². The summed E-state index contributed by atoms with van der Waals surface area (Å²) in [6.45, 7) is 2.17. The Morgan fingerprint density at radius 3 is 2.83 bits per heavy atom. The van der Waals surface area contributed by atoms with Gasteiger partial charge >= 0.3 is 0 Å². The molecule has 0 fully saturated rings. The molecule has 0 spiro atoms. The van der Waals surface area contributed by atoms with Crippen LogP contribution in [0.4, 0.5) is 0 Å². The van der Waals surface area contributed by atoms with Gasteiger partial charge in [-0.1, -0.05) is 55.3 Å². The minimum atomic E-state index is -0.000104. The predicted molar refractivity (Wildman–Crippen MR) is 93.0 cm³/mol. The van der Waals surface area contributed by atoms with E-state index in [1.807, 2.05) is 24.3 Å². The molecule has 4 heteroatoms. The smallest absolute Gasteiger partial charge is 0.187 e. The number of hydrogen-bond donors (Lipinski definition) is 0. The largest absolute Gasteiger partial charge is 0.469 e. The summed E-state index contributed by atoms with van der Waals surface area (Å²) in [6, 6.07) is 16.5. The number of hydrazone groups is 1. The maximum Gasteiger partial charge on any atom is 0.187 e. The van der Waals surface area contributed by atoms with E-state index in [0.29, 0.717) is 0 Å². The van der Waals surface area contributed by atoms with Crippen LogP contribution < -0.4 is 4.74 Å². The molecule has 0 bridgehead atoms. The van der Waals surface area contributed by atoms with Gasteiger partial charge in [-0.15, -0.1) is 0 Å². The molecule has 2 aliphatic rings. The first kappa shape index (κ1) is 14.6. The lowest BCUT2D eigenvalue weighted by Gasteiger charge is -2.38. The molecule has 0 aliphatic carbocycles. The van der Waals surface area contributed by atoms with Crippen LogP contribution in [-0.4, -0.2) is 16.9 Å². The molecule has 2 aromatic carbocycles. The van der Waals surface area contributed by atoms with Gasteiger partial charge in [-0.05, 0) is 23.8 Å². The molecule has 2 atom stereocenters. The van der Waals surface area contributed by atoms with Crippen molar-refractivity contribution in [1.29, 1.82) is 0 Å². The summed E-state index contributed by atoms with van der Waals surface area (Å²) in [5, 5.41) is 7.77. The Morgan fingerprint density at radius 2 is 2.04 bits per heavy atom. The van der Waals surface area contributed by atoms with E-state index in [1.165, 1.54) is 5.56 Å². The Balaban J connectivity index is 1.74. The number of ether oxygens (including phenoxy) is 1. The molecule has 0 unspecified atom stereocenters. The number of fused-ring (bicyclic) bond motifs is 3. The normalized spacial score (nSPS) is 22.2. The van der Waals surface area contributed by atoms with Crippen molar-refractivity contribution in [2.45, 2.75) is 38.5 Å². The molecule has 0 aromatic heterocycles. The number of benzene rings is 2. The van der Waals surface area contributed by atoms with Crippen LogP contribution in [0.2, 0.25) is 5.02 Å². The first-order chi connectivity index (χ1) is 11.3. The lowest BCUT2D eigenvalue weighted by Crippen LogP contribution is -2.40. The maximum absolute atomic E-state index is 6.21. The molecule has 2 heterocycles. The zero-order valence-electron chi connectivity index (χ0n) is 13.1. The van der Waals surface area contributed by atoms with Gasteiger partial charge in [-0.3, -0.25) is 5.01 Å². The summed E-state index contributed by atoms with van der Waals surface area (Å²) in [5.41, 5.74) is 3.44. The third-order valence-corrected chi connectivity index (χ3v) is 4.71. The second-order valence-electron chi connectivity index (χ2n) is 6.06. The van der Waals surface area contributed by atoms with E-state index in [2.05, 4.69) is 36.2 Å². The van der Waals surface area contributed by atoms with E-state index < -0.39 is 0 Å². The van der Waals surface area contributed by atoms with E-state index in [-0.39, 0.29) is 12.3 Å². The van der Waals surface area contributed by atoms with Crippen molar-refractivity contribution in [3.8, 4) is 5.75 Å². The van der Waals surface area contributed by atoms with E-state index in [4.69, 9.17) is 21.4 Å². The second-order valence-corrected chi connectivity index (χ2v) is 6.49. The number of nitrogens with zero attached hydrogens (tertiary/aromatic N) is 2. The summed E-state index contributed by atoms with van der Waals surface area (Å²) in [7, 11) is 0. The van der Waals surface area contributed by atoms with Crippen LogP contribution >= 0.6 is 11.6 Å². The molecular weight excluding hydrogens is 308 g/mol. The lowest BCUT2D eigenvalue weighted by atomic mass is 9.96. The van der Waals surface area contributed by atoms with Crippen molar-refractivity contribution in [2.75, 3.05) is 0 Å². The Morgan fingerprint density at radius 1 is 1.22 bits per heavy atom. The third-order valence-electron chi connectivity index (χ3n) is 4.47. The van der Waals surface area contributed by atoms with Crippen molar-refractivity contribution in [1.82, 2.24) is 5.01 Å². The number of halogens is 1. The van der Waals surface area contributed by atoms with Crippen LogP contribution in [0.1, 0.15) is 43.4 Å². The van der Waals surface area contributed by atoms with Gasteiger partial charge in [0, 0.05) is 23.4 Å². The zero-order valence-corrected chi connectivity index (χ0v) is 13.8. The topological polar surface area (TPSA) is 24.8 Å². The van der Waals surface area contributed by atoms with Gasteiger partial charge in [0.05, 0.1) is 11.8 Å². The minimum Gasteiger partial charge on any atom is -0.469 e. The van der Waals surface area contributed by atoms with Gasteiger partial charge in [0.2, 0.25) is 0 Å². The molecule has 0 saturated heterocycles. The summed E-state index contributed by atoms with van der Waals surface area (Å²) >= 11 is 6.21. The van der Waals surface area contributed by atoms with Gasteiger partial charge in [0.25, 0.3) is 0 Å². The van der Waals surface area contributed by atoms with E-state index in [1.54, 1.807) is 0 Å². The maximum atomic E-state index is 6.21. The van der Waals surface area contributed by atoms with Crippen molar-refractivity contribution in [3.05, 3.63) is 64.7 Å². The van der Waals surface area contributed by atoms with Crippen LogP contribution in [-0.2, 0) is 0 Å². The molecule has 118 valence electrons. The Hall–Kier alpha value is -2.00. The Bertz CT molecular complexity index is 744. The van der Waals surface area contributed by atoms with Crippen molar-refractivity contribution >= 4 is 17.3 Å². The monoisotopic (exact) mass is 326 g/mol. The predicted octanol–water partition coefficient (Wildman–Crippen LogP) is 5.01. The summed E-state index contributed by atoms with van der Waals surface area (Å²) in [5.74, 6) is 0.943. The fourth-order valence-electron chi connectivity index (χ4n) is 3.38.